The predicted molar refractivity (Wildman–Crippen MR) is 85.9 cm³/mol. The highest BCUT2D eigenvalue weighted by Crippen LogP contribution is 2.42. The molecule has 4 N–H and O–H groups in total. The van der Waals surface area contributed by atoms with Crippen LogP contribution < -0.4 is 16.4 Å². The van der Waals surface area contributed by atoms with Gasteiger partial charge in [0.15, 0.2) is 0 Å². The molecule has 108 valence electrons. The zero-order chi connectivity index (χ0) is 14.8. The summed E-state index contributed by atoms with van der Waals surface area (Å²) < 4.78 is 0. The minimum atomic E-state index is -0.465. The molecular weight excluding hydrogens is 282 g/mol. The molecule has 0 aliphatic carbocycles. The fourth-order valence-corrected chi connectivity index (χ4v) is 3.70. The lowest BCUT2D eigenvalue weighted by Crippen LogP contribution is -2.36. The number of thioether (sulfide) groups is 1. The van der Waals surface area contributed by atoms with Crippen LogP contribution in [0.4, 0.5) is 5.69 Å². The molecule has 1 heterocycles. The Morgan fingerprint density at radius 2 is 2.05 bits per heavy atom. The lowest BCUT2D eigenvalue weighted by molar-refractivity contribution is -0.119. The third kappa shape index (κ3) is 2.62. The van der Waals surface area contributed by atoms with Crippen molar-refractivity contribution in [3.63, 3.8) is 0 Å². The van der Waals surface area contributed by atoms with Gasteiger partial charge in [0.25, 0.3) is 0 Å². The molecule has 3 rings (SSSR count). The minimum absolute atomic E-state index is 0.346. The number of anilines is 1. The van der Waals surface area contributed by atoms with E-state index in [0.29, 0.717) is 6.54 Å². The van der Waals surface area contributed by atoms with Crippen LogP contribution in [0, 0.1) is 0 Å². The number of carbonyl (C=O) groups is 1. The number of benzene rings is 2. The van der Waals surface area contributed by atoms with Gasteiger partial charge in [0.05, 0.1) is 11.6 Å². The molecule has 0 radical (unpaired) electrons. The molecule has 0 spiro atoms. The van der Waals surface area contributed by atoms with Gasteiger partial charge in [-0.3, -0.25) is 4.79 Å². The van der Waals surface area contributed by atoms with Gasteiger partial charge < -0.3 is 16.4 Å². The Morgan fingerprint density at radius 3 is 2.81 bits per heavy atom. The van der Waals surface area contributed by atoms with Crippen LogP contribution >= 0.6 is 11.8 Å². The van der Waals surface area contributed by atoms with Crippen LogP contribution in [-0.2, 0) is 11.3 Å². The maximum absolute atomic E-state index is 12.0. The fourth-order valence-electron chi connectivity index (χ4n) is 2.63. The third-order valence-electron chi connectivity index (χ3n) is 3.62. The van der Waals surface area contributed by atoms with E-state index in [1.54, 1.807) is 11.8 Å². The van der Waals surface area contributed by atoms with E-state index in [-0.39, 0.29) is 5.91 Å². The van der Waals surface area contributed by atoms with E-state index in [0.717, 1.165) is 22.7 Å². The summed E-state index contributed by atoms with van der Waals surface area (Å²) in [6, 6.07) is 15.4. The van der Waals surface area contributed by atoms with Crippen LogP contribution in [0.5, 0.6) is 0 Å². The van der Waals surface area contributed by atoms with E-state index in [1.807, 2.05) is 42.5 Å². The summed E-state index contributed by atoms with van der Waals surface area (Å²) in [6.45, 7) is 0.449. The third-order valence-corrected chi connectivity index (χ3v) is 4.68. The van der Waals surface area contributed by atoms with Gasteiger partial charge in [-0.05, 0) is 23.3 Å². The zero-order valence-electron chi connectivity index (χ0n) is 11.5. The van der Waals surface area contributed by atoms with Crippen molar-refractivity contribution in [2.24, 2.45) is 11.5 Å². The van der Waals surface area contributed by atoms with E-state index in [4.69, 9.17) is 11.5 Å². The molecular formula is C16H17N3OS. The van der Waals surface area contributed by atoms with Gasteiger partial charge in [-0.1, -0.05) is 36.4 Å². The standard InChI is InChI=1S/C16H17N3OS/c17-9-11-4-3-5-12(8-11)15(16(18)20)19-10-21-14-7-2-1-6-13(14)19/h1-8,15H,9-10,17H2,(H2,18,20). The first kappa shape index (κ1) is 14.0. The molecule has 1 atom stereocenters. The van der Waals surface area contributed by atoms with Crippen LogP contribution in [-0.4, -0.2) is 11.8 Å². The van der Waals surface area contributed by atoms with Crippen molar-refractivity contribution >= 4 is 23.4 Å². The predicted octanol–water partition coefficient (Wildman–Crippen LogP) is 2.24. The highest BCUT2D eigenvalue weighted by molar-refractivity contribution is 7.99. The minimum Gasteiger partial charge on any atom is -0.368 e. The number of fused-ring (bicyclic) bond motifs is 1. The number of nitrogens with two attached hydrogens (primary N) is 2. The average molecular weight is 299 g/mol. The first-order valence-electron chi connectivity index (χ1n) is 6.77. The van der Waals surface area contributed by atoms with Gasteiger partial charge in [-0.2, -0.15) is 0 Å². The van der Waals surface area contributed by atoms with Gasteiger partial charge in [0.2, 0.25) is 5.91 Å². The van der Waals surface area contributed by atoms with Crippen molar-refractivity contribution in [2.45, 2.75) is 17.5 Å². The van der Waals surface area contributed by atoms with Crippen molar-refractivity contribution in [3.05, 3.63) is 59.7 Å². The summed E-state index contributed by atoms with van der Waals surface area (Å²) in [5.41, 5.74) is 14.3. The van der Waals surface area contributed by atoms with Crippen molar-refractivity contribution < 1.29 is 4.79 Å². The molecule has 1 amide bonds. The fraction of sp³-hybridized carbons (Fsp3) is 0.188. The van der Waals surface area contributed by atoms with E-state index >= 15 is 0 Å². The molecule has 0 saturated heterocycles. The maximum Gasteiger partial charge on any atom is 0.244 e. The summed E-state index contributed by atoms with van der Waals surface area (Å²) >= 11 is 1.72. The highest BCUT2D eigenvalue weighted by Gasteiger charge is 2.31. The molecule has 1 aliphatic rings. The van der Waals surface area contributed by atoms with Crippen molar-refractivity contribution in [1.82, 2.24) is 0 Å². The van der Waals surface area contributed by atoms with Crippen molar-refractivity contribution in [1.29, 1.82) is 0 Å². The number of hydrogen-bond acceptors (Lipinski definition) is 4. The number of primary amides is 1. The topological polar surface area (TPSA) is 72.3 Å². The van der Waals surface area contributed by atoms with Gasteiger partial charge >= 0.3 is 0 Å². The average Bonchev–Trinajstić information content (AvgIpc) is 2.91. The van der Waals surface area contributed by atoms with Gasteiger partial charge in [-0.25, -0.2) is 0 Å². The summed E-state index contributed by atoms with van der Waals surface area (Å²) in [6.07, 6.45) is 0. The summed E-state index contributed by atoms with van der Waals surface area (Å²) in [4.78, 5) is 15.3. The van der Waals surface area contributed by atoms with Gasteiger partial charge in [-0.15, -0.1) is 11.8 Å². The molecule has 1 unspecified atom stereocenters. The van der Waals surface area contributed by atoms with Crippen LogP contribution in [0.3, 0.4) is 0 Å². The summed E-state index contributed by atoms with van der Waals surface area (Å²) in [5, 5.41) is 0. The Morgan fingerprint density at radius 1 is 1.24 bits per heavy atom. The second-order valence-corrected chi connectivity index (χ2v) is 5.95. The van der Waals surface area contributed by atoms with E-state index in [2.05, 4.69) is 11.0 Å². The molecule has 5 heteroatoms. The molecule has 0 fully saturated rings. The van der Waals surface area contributed by atoms with Crippen LogP contribution in [0.25, 0.3) is 0 Å². The molecule has 21 heavy (non-hydrogen) atoms. The lowest BCUT2D eigenvalue weighted by Gasteiger charge is -2.27. The molecule has 0 saturated carbocycles. The Balaban J connectivity index is 2.02. The second kappa shape index (κ2) is 5.79. The first-order valence-corrected chi connectivity index (χ1v) is 7.76. The van der Waals surface area contributed by atoms with Crippen LogP contribution in [0.15, 0.2) is 53.4 Å². The SMILES string of the molecule is NCc1cccc(C(C(N)=O)N2CSc3ccccc32)c1. The second-order valence-electron chi connectivity index (χ2n) is 4.97. The first-order chi connectivity index (χ1) is 10.2. The Bertz CT molecular complexity index is 674. The monoisotopic (exact) mass is 299 g/mol. The van der Waals surface area contributed by atoms with Gasteiger partial charge in [0.1, 0.15) is 6.04 Å². The summed E-state index contributed by atoms with van der Waals surface area (Å²) in [5.74, 6) is 0.376. The summed E-state index contributed by atoms with van der Waals surface area (Å²) in [7, 11) is 0. The van der Waals surface area contributed by atoms with Crippen LogP contribution in [0.2, 0.25) is 0 Å². The molecule has 2 aromatic rings. The Kier molecular flexibility index (Phi) is 3.86. The molecule has 0 aromatic heterocycles. The van der Waals surface area contributed by atoms with E-state index in [9.17, 15) is 4.79 Å². The number of hydrogen-bond donors (Lipinski definition) is 2. The van der Waals surface area contributed by atoms with Crippen molar-refractivity contribution in [3.8, 4) is 0 Å². The molecule has 0 bridgehead atoms. The number of nitrogens with zero attached hydrogens (tertiary/aromatic N) is 1. The lowest BCUT2D eigenvalue weighted by atomic mass is 10.0. The van der Waals surface area contributed by atoms with Crippen LogP contribution in [0.1, 0.15) is 17.2 Å². The number of amides is 1. The number of rotatable bonds is 4. The van der Waals surface area contributed by atoms with Crippen molar-refractivity contribution in [2.75, 3.05) is 10.8 Å². The normalized spacial score (nSPS) is 14.8. The Hall–Kier alpha value is -1.98. The largest absolute Gasteiger partial charge is 0.368 e. The Labute approximate surface area is 128 Å². The maximum atomic E-state index is 12.0. The molecule has 4 nitrogen and oxygen atoms in total. The molecule has 1 aliphatic heterocycles. The van der Waals surface area contributed by atoms with E-state index in [1.165, 1.54) is 4.90 Å². The number of carbonyl (C=O) groups excluding carboxylic acids is 1. The number of para-hydroxylation sites is 1. The zero-order valence-corrected chi connectivity index (χ0v) is 12.3. The smallest absolute Gasteiger partial charge is 0.244 e. The quantitative estimate of drug-likeness (QED) is 0.908. The molecule has 2 aromatic carbocycles. The highest BCUT2D eigenvalue weighted by atomic mass is 32.2. The van der Waals surface area contributed by atoms with E-state index < -0.39 is 6.04 Å². The van der Waals surface area contributed by atoms with Gasteiger partial charge in [0, 0.05) is 11.4 Å².